The van der Waals surface area contributed by atoms with Gasteiger partial charge in [0.1, 0.15) is 16.8 Å². The number of fused-ring (bicyclic) bond motifs is 4. The van der Waals surface area contributed by atoms with Crippen LogP contribution >= 0.6 is 0 Å². The summed E-state index contributed by atoms with van der Waals surface area (Å²) in [7, 11) is 0. The predicted molar refractivity (Wildman–Crippen MR) is 164 cm³/mol. The lowest BCUT2D eigenvalue weighted by atomic mass is 10.0. The van der Waals surface area contributed by atoms with Crippen molar-refractivity contribution in [3.05, 3.63) is 70.3 Å². The lowest BCUT2D eigenvalue weighted by molar-refractivity contribution is 0.0302. The van der Waals surface area contributed by atoms with Crippen LogP contribution in [0.1, 0.15) is 38.1 Å². The van der Waals surface area contributed by atoms with Gasteiger partial charge in [0.25, 0.3) is 5.91 Å². The average molecular weight is 573 g/mol. The molecule has 0 bridgehead atoms. The normalized spacial score (nSPS) is 16.7. The van der Waals surface area contributed by atoms with Crippen LogP contribution in [0, 0.1) is 5.82 Å². The largest absolute Gasteiger partial charge is 0.451 e. The van der Waals surface area contributed by atoms with Crippen molar-refractivity contribution in [3.63, 3.8) is 0 Å². The van der Waals surface area contributed by atoms with Crippen LogP contribution in [0.25, 0.3) is 27.4 Å². The molecule has 3 aliphatic rings. The Morgan fingerprint density at radius 3 is 2.33 bits per heavy atom. The Kier molecular flexibility index (Phi) is 7.64. The summed E-state index contributed by atoms with van der Waals surface area (Å²) in [5.41, 5.74) is 1.09. The number of nitrogens with zero attached hydrogens (tertiary/aromatic N) is 4. The minimum Gasteiger partial charge on any atom is -0.451 e. The molecular formula is C33H37FN4O4. The zero-order valence-corrected chi connectivity index (χ0v) is 24.7. The summed E-state index contributed by atoms with van der Waals surface area (Å²) in [6, 6.07) is 13.5. The molecule has 4 heterocycles. The van der Waals surface area contributed by atoms with E-state index in [1.807, 2.05) is 59.7 Å². The molecule has 0 saturated carbocycles. The van der Waals surface area contributed by atoms with Crippen LogP contribution in [0.3, 0.4) is 0 Å². The molecule has 3 aliphatic heterocycles. The number of rotatable bonds is 3. The first-order valence-electron chi connectivity index (χ1n) is 14.9. The Hall–Kier alpha value is -3.95. The minimum absolute atomic E-state index is 0.0128. The highest BCUT2D eigenvalue weighted by molar-refractivity contribution is 6.04. The maximum Gasteiger partial charge on any atom is 0.259 e. The summed E-state index contributed by atoms with van der Waals surface area (Å²) < 4.78 is 29.8. The van der Waals surface area contributed by atoms with E-state index in [9.17, 15) is 9.59 Å². The Morgan fingerprint density at radius 1 is 0.905 bits per heavy atom. The van der Waals surface area contributed by atoms with E-state index in [1.165, 1.54) is 6.07 Å². The Balaban J connectivity index is 0.00000155. The SMILES string of the molecule is CC.CC(C)N1CCN(c2c(F)cc3c(=O)c(C(=O)N4CCOCC4)cn4c3c2Oc2ccc3ccccc3c2-4)CC1. The molecule has 0 aliphatic carbocycles. The van der Waals surface area contributed by atoms with Crippen molar-refractivity contribution in [1.29, 1.82) is 0 Å². The molecule has 1 amide bonds. The van der Waals surface area contributed by atoms with Crippen molar-refractivity contribution in [2.75, 3.05) is 57.4 Å². The topological polar surface area (TPSA) is 67.2 Å². The summed E-state index contributed by atoms with van der Waals surface area (Å²) in [6.45, 7) is 12.8. The summed E-state index contributed by atoms with van der Waals surface area (Å²) in [5, 5.41) is 2.04. The first-order valence-corrected chi connectivity index (χ1v) is 14.9. The van der Waals surface area contributed by atoms with Gasteiger partial charge in [-0.3, -0.25) is 14.5 Å². The molecule has 3 aromatic carbocycles. The van der Waals surface area contributed by atoms with Crippen molar-refractivity contribution in [3.8, 4) is 17.2 Å². The second-order valence-electron chi connectivity index (χ2n) is 10.9. The molecule has 0 N–H and O–H groups in total. The van der Waals surface area contributed by atoms with Crippen LogP contribution in [0.5, 0.6) is 11.5 Å². The monoisotopic (exact) mass is 572 g/mol. The van der Waals surface area contributed by atoms with Crippen LogP contribution in [-0.2, 0) is 4.74 Å². The van der Waals surface area contributed by atoms with Crippen molar-refractivity contribution in [2.45, 2.75) is 33.7 Å². The average Bonchev–Trinajstić information content (AvgIpc) is 3.03. The van der Waals surface area contributed by atoms with Gasteiger partial charge >= 0.3 is 0 Å². The fourth-order valence-electron chi connectivity index (χ4n) is 6.21. The smallest absolute Gasteiger partial charge is 0.259 e. The molecule has 220 valence electrons. The van der Waals surface area contributed by atoms with Crippen LogP contribution < -0.4 is 15.1 Å². The highest BCUT2D eigenvalue weighted by Crippen LogP contribution is 2.48. The third kappa shape index (κ3) is 4.61. The number of hydrogen-bond acceptors (Lipinski definition) is 6. The number of aromatic nitrogens is 1. The highest BCUT2D eigenvalue weighted by Gasteiger charge is 2.33. The van der Waals surface area contributed by atoms with E-state index in [0.29, 0.717) is 68.1 Å². The molecule has 2 saturated heterocycles. The Morgan fingerprint density at radius 2 is 1.62 bits per heavy atom. The molecule has 9 heteroatoms. The summed E-state index contributed by atoms with van der Waals surface area (Å²) in [6.07, 6.45) is 1.62. The van der Waals surface area contributed by atoms with E-state index in [2.05, 4.69) is 18.7 Å². The van der Waals surface area contributed by atoms with Crippen LogP contribution in [0.2, 0.25) is 0 Å². The Bertz CT molecular complexity index is 1720. The van der Waals surface area contributed by atoms with Crippen molar-refractivity contribution >= 4 is 33.3 Å². The third-order valence-corrected chi connectivity index (χ3v) is 8.38. The van der Waals surface area contributed by atoms with E-state index in [4.69, 9.17) is 9.47 Å². The number of benzene rings is 3. The maximum atomic E-state index is 16.1. The number of halogens is 1. The molecule has 7 rings (SSSR count). The molecule has 2 fully saturated rings. The van der Waals surface area contributed by atoms with E-state index in [0.717, 1.165) is 29.5 Å². The number of ether oxygens (including phenoxy) is 2. The van der Waals surface area contributed by atoms with Gasteiger partial charge in [-0.05, 0) is 31.4 Å². The van der Waals surface area contributed by atoms with Gasteiger partial charge in [0.15, 0.2) is 17.3 Å². The number of pyridine rings is 1. The van der Waals surface area contributed by atoms with E-state index < -0.39 is 11.2 Å². The quantitative estimate of drug-likeness (QED) is 0.288. The van der Waals surface area contributed by atoms with Crippen LogP contribution in [-0.4, -0.2) is 78.8 Å². The van der Waals surface area contributed by atoms with Crippen LogP contribution in [0.15, 0.2) is 53.5 Å². The van der Waals surface area contributed by atoms with Crippen molar-refractivity contribution in [1.82, 2.24) is 14.4 Å². The number of hydrogen-bond donors (Lipinski definition) is 0. The van der Waals surface area contributed by atoms with E-state index in [1.54, 1.807) is 11.1 Å². The molecule has 0 unspecified atom stereocenters. The minimum atomic E-state index is -0.524. The van der Waals surface area contributed by atoms with Gasteiger partial charge in [-0.25, -0.2) is 4.39 Å². The highest BCUT2D eigenvalue weighted by atomic mass is 19.1. The second-order valence-corrected chi connectivity index (χ2v) is 10.9. The molecule has 1 aromatic heterocycles. The van der Waals surface area contributed by atoms with Gasteiger partial charge < -0.3 is 23.8 Å². The zero-order chi connectivity index (χ0) is 29.5. The Labute approximate surface area is 244 Å². The van der Waals surface area contributed by atoms with Crippen molar-refractivity contribution in [2.24, 2.45) is 0 Å². The predicted octanol–water partition coefficient (Wildman–Crippen LogP) is 5.42. The number of carbonyl (C=O) groups excluding carboxylic acids is 1. The fraction of sp³-hybridized carbons (Fsp3) is 0.394. The molecular weight excluding hydrogens is 535 g/mol. The van der Waals surface area contributed by atoms with Gasteiger partial charge in [-0.15, -0.1) is 0 Å². The molecule has 0 spiro atoms. The van der Waals surface area contributed by atoms with Gasteiger partial charge in [0, 0.05) is 56.9 Å². The fourth-order valence-corrected chi connectivity index (χ4v) is 6.21. The standard InChI is InChI=1S/C31H31FN4O4.C2H6/c1-19(2)33-9-11-34(12-10-33)28-24(32)17-22-27-30(28)40-25-8-7-20-5-3-4-6-21(20)26(25)36(27)18-23(29(22)37)31(38)35-13-15-39-16-14-35;1-2/h3-8,17-19H,9-16H2,1-2H3;1-2H3. The second kappa shape index (κ2) is 11.4. The summed E-state index contributed by atoms with van der Waals surface area (Å²) in [4.78, 5) is 33.5. The third-order valence-electron chi connectivity index (χ3n) is 8.38. The first kappa shape index (κ1) is 28.2. The number of carbonyl (C=O) groups is 1. The van der Waals surface area contributed by atoms with E-state index >= 15 is 4.39 Å². The van der Waals surface area contributed by atoms with Crippen molar-refractivity contribution < 1.29 is 18.7 Å². The van der Waals surface area contributed by atoms with Gasteiger partial charge in [0.2, 0.25) is 5.43 Å². The molecule has 4 aromatic rings. The van der Waals surface area contributed by atoms with Gasteiger partial charge in [-0.1, -0.05) is 44.2 Å². The molecule has 8 nitrogen and oxygen atoms in total. The molecule has 42 heavy (non-hydrogen) atoms. The number of anilines is 1. The zero-order valence-electron chi connectivity index (χ0n) is 24.7. The first-order chi connectivity index (χ1) is 20.4. The number of piperazine rings is 1. The summed E-state index contributed by atoms with van der Waals surface area (Å²) in [5.74, 6) is -0.0285. The number of amides is 1. The lowest BCUT2D eigenvalue weighted by Gasteiger charge is -2.39. The van der Waals surface area contributed by atoms with Gasteiger partial charge in [-0.2, -0.15) is 0 Å². The van der Waals surface area contributed by atoms with Crippen LogP contribution in [0.4, 0.5) is 10.1 Å². The maximum absolute atomic E-state index is 16.1. The van der Waals surface area contributed by atoms with Gasteiger partial charge in [0.05, 0.1) is 24.3 Å². The number of morpholine rings is 1. The molecule has 0 radical (unpaired) electrons. The van der Waals surface area contributed by atoms with E-state index in [-0.39, 0.29) is 16.9 Å². The molecule has 0 atom stereocenters. The lowest BCUT2D eigenvalue weighted by Crippen LogP contribution is -2.49. The summed E-state index contributed by atoms with van der Waals surface area (Å²) >= 11 is 0.